The van der Waals surface area contributed by atoms with Gasteiger partial charge in [0.1, 0.15) is 13.6 Å². The molecule has 0 unspecified atom stereocenters. The lowest BCUT2D eigenvalue weighted by Crippen LogP contribution is -2.21. The van der Waals surface area contributed by atoms with Crippen LogP contribution in [0.3, 0.4) is 0 Å². The van der Waals surface area contributed by atoms with Gasteiger partial charge in [0.05, 0.1) is 0 Å². The van der Waals surface area contributed by atoms with Gasteiger partial charge >= 0.3 is 6.36 Å². The molecule has 0 saturated carbocycles. The van der Waals surface area contributed by atoms with Gasteiger partial charge in [-0.05, 0) is 11.5 Å². The molecule has 1 aromatic rings. The van der Waals surface area contributed by atoms with Gasteiger partial charge in [-0.3, -0.25) is 0 Å². The van der Waals surface area contributed by atoms with Crippen LogP contribution >= 0.6 is 0 Å². The van der Waals surface area contributed by atoms with E-state index in [0.717, 1.165) is 0 Å². The topological polar surface area (TPSA) is 72.2 Å². The summed E-state index contributed by atoms with van der Waals surface area (Å²) in [6.07, 6.45) is -4.61. The number of benzene rings is 1. The number of hydrogen-bond donors (Lipinski definition) is 0. The van der Waals surface area contributed by atoms with Gasteiger partial charge in [-0.1, -0.05) is 18.2 Å². The minimum atomic E-state index is -4.61. The standard InChI is InChI=1S/C7H6BF3O.2H2O/c8-5-3-1-2-4-6(5)12-7(9,10)11;;/h1-4H,8H2;2*1H2. The molecule has 0 fully saturated rings. The first-order valence-electron chi connectivity index (χ1n) is 3.30. The molecule has 14 heavy (non-hydrogen) atoms. The third-order valence-corrected chi connectivity index (χ3v) is 1.32. The molecule has 0 aliphatic rings. The first-order valence-corrected chi connectivity index (χ1v) is 3.30. The SMILES string of the molecule is Bc1ccccc1OC(F)(F)F.O.O. The highest BCUT2D eigenvalue weighted by Crippen LogP contribution is 2.19. The van der Waals surface area contributed by atoms with Crippen molar-refractivity contribution in [2.75, 3.05) is 0 Å². The van der Waals surface area contributed by atoms with Crippen molar-refractivity contribution in [2.45, 2.75) is 6.36 Å². The van der Waals surface area contributed by atoms with Crippen LogP contribution in [0.2, 0.25) is 0 Å². The van der Waals surface area contributed by atoms with Gasteiger partial charge in [0.15, 0.2) is 0 Å². The van der Waals surface area contributed by atoms with E-state index in [2.05, 4.69) is 4.74 Å². The zero-order valence-corrected chi connectivity index (χ0v) is 7.35. The zero-order chi connectivity index (χ0) is 9.19. The third-order valence-electron chi connectivity index (χ3n) is 1.32. The highest BCUT2D eigenvalue weighted by atomic mass is 19.4. The summed E-state index contributed by atoms with van der Waals surface area (Å²) in [5.41, 5.74) is 0.467. The Hall–Kier alpha value is -1.21. The van der Waals surface area contributed by atoms with Gasteiger partial charge in [0.2, 0.25) is 0 Å². The molecule has 4 N–H and O–H groups in total. The average molecular weight is 210 g/mol. The lowest BCUT2D eigenvalue weighted by molar-refractivity contribution is -0.274. The zero-order valence-electron chi connectivity index (χ0n) is 7.35. The monoisotopic (exact) mass is 210 g/mol. The summed E-state index contributed by atoms with van der Waals surface area (Å²) >= 11 is 0. The molecular weight excluding hydrogens is 200 g/mol. The highest BCUT2D eigenvalue weighted by molar-refractivity contribution is 6.34. The van der Waals surface area contributed by atoms with Crippen molar-refractivity contribution in [3.63, 3.8) is 0 Å². The van der Waals surface area contributed by atoms with Crippen LogP contribution in [0.1, 0.15) is 0 Å². The van der Waals surface area contributed by atoms with E-state index in [4.69, 9.17) is 0 Å². The lowest BCUT2D eigenvalue weighted by atomic mass is 9.95. The summed E-state index contributed by atoms with van der Waals surface area (Å²) < 4.78 is 38.8. The van der Waals surface area contributed by atoms with E-state index >= 15 is 0 Å². The summed E-state index contributed by atoms with van der Waals surface area (Å²) in [6, 6.07) is 5.98. The molecule has 0 amide bonds. The fraction of sp³-hybridized carbons (Fsp3) is 0.143. The maximum absolute atomic E-state index is 11.7. The minimum absolute atomic E-state index is 0. The van der Waals surface area contributed by atoms with E-state index in [-0.39, 0.29) is 16.7 Å². The largest absolute Gasteiger partial charge is 0.573 e. The van der Waals surface area contributed by atoms with Crippen molar-refractivity contribution in [3.8, 4) is 5.75 Å². The Morgan fingerprint density at radius 2 is 1.57 bits per heavy atom. The second-order valence-electron chi connectivity index (χ2n) is 2.31. The molecule has 0 aliphatic heterocycles. The third kappa shape index (κ3) is 4.73. The number of rotatable bonds is 1. The van der Waals surface area contributed by atoms with Crippen molar-refractivity contribution in [1.82, 2.24) is 0 Å². The van der Waals surface area contributed by atoms with Crippen LogP contribution < -0.4 is 10.2 Å². The van der Waals surface area contributed by atoms with E-state index < -0.39 is 6.36 Å². The van der Waals surface area contributed by atoms with Crippen molar-refractivity contribution in [3.05, 3.63) is 24.3 Å². The van der Waals surface area contributed by atoms with Crippen molar-refractivity contribution < 1.29 is 28.9 Å². The molecule has 0 saturated heterocycles. The van der Waals surface area contributed by atoms with Crippen LogP contribution in [0.15, 0.2) is 24.3 Å². The molecule has 0 radical (unpaired) electrons. The van der Waals surface area contributed by atoms with E-state index in [0.29, 0.717) is 5.46 Å². The molecule has 0 heterocycles. The highest BCUT2D eigenvalue weighted by Gasteiger charge is 2.31. The predicted molar refractivity (Wildman–Crippen MR) is 48.5 cm³/mol. The van der Waals surface area contributed by atoms with Gasteiger partial charge in [0, 0.05) is 0 Å². The molecule has 1 rings (SSSR count). The Bertz CT molecular complexity index is 277. The summed E-state index contributed by atoms with van der Waals surface area (Å²) in [5, 5.41) is 0. The smallest absolute Gasteiger partial charge is 0.412 e. The average Bonchev–Trinajstić information content (AvgIpc) is 1.91. The van der Waals surface area contributed by atoms with Crippen LogP contribution in [-0.4, -0.2) is 25.2 Å². The molecule has 0 bridgehead atoms. The van der Waals surface area contributed by atoms with Crippen molar-refractivity contribution >= 4 is 13.3 Å². The van der Waals surface area contributed by atoms with E-state index in [1.165, 1.54) is 12.1 Å². The normalized spacial score (nSPS) is 9.64. The Balaban J connectivity index is 0. The van der Waals surface area contributed by atoms with E-state index in [1.54, 1.807) is 20.0 Å². The molecule has 0 atom stereocenters. The Morgan fingerprint density at radius 1 is 1.07 bits per heavy atom. The Labute approximate surface area is 79.5 Å². The molecule has 80 valence electrons. The minimum Gasteiger partial charge on any atom is -0.412 e. The maximum Gasteiger partial charge on any atom is 0.573 e. The predicted octanol–water partition coefficient (Wildman–Crippen LogP) is -0.806. The van der Waals surface area contributed by atoms with Gasteiger partial charge in [-0.2, -0.15) is 0 Å². The molecule has 7 heteroatoms. The summed E-state index contributed by atoms with van der Waals surface area (Å²) in [4.78, 5) is 0. The molecule has 0 spiro atoms. The number of halogens is 3. The molecule has 0 aromatic heterocycles. The van der Waals surface area contributed by atoms with Gasteiger partial charge in [-0.15, -0.1) is 13.2 Å². The molecule has 1 aromatic carbocycles. The Kier molecular flexibility index (Phi) is 6.01. The van der Waals surface area contributed by atoms with Crippen LogP contribution in [0.25, 0.3) is 0 Å². The van der Waals surface area contributed by atoms with E-state index in [9.17, 15) is 13.2 Å². The molecular formula is C7H10BF3O3. The summed E-state index contributed by atoms with van der Waals surface area (Å²) in [7, 11) is 1.56. The van der Waals surface area contributed by atoms with E-state index in [1.807, 2.05) is 0 Å². The first kappa shape index (κ1) is 15.3. The molecule has 3 nitrogen and oxygen atoms in total. The number of ether oxygens (including phenoxy) is 1. The van der Waals surface area contributed by atoms with Crippen LogP contribution in [0.5, 0.6) is 5.75 Å². The van der Waals surface area contributed by atoms with Crippen molar-refractivity contribution in [2.24, 2.45) is 0 Å². The number of para-hydroxylation sites is 1. The van der Waals surface area contributed by atoms with Gasteiger partial charge in [0.25, 0.3) is 0 Å². The fourth-order valence-corrected chi connectivity index (χ4v) is 0.796. The Morgan fingerprint density at radius 3 is 2.00 bits per heavy atom. The van der Waals surface area contributed by atoms with Gasteiger partial charge in [-0.25, -0.2) is 0 Å². The fourth-order valence-electron chi connectivity index (χ4n) is 0.796. The molecule has 0 aliphatic carbocycles. The van der Waals surface area contributed by atoms with Crippen LogP contribution in [-0.2, 0) is 0 Å². The van der Waals surface area contributed by atoms with Gasteiger partial charge < -0.3 is 15.7 Å². The van der Waals surface area contributed by atoms with Crippen LogP contribution in [0.4, 0.5) is 13.2 Å². The second kappa shape index (κ2) is 5.51. The summed E-state index contributed by atoms with van der Waals surface area (Å²) in [6.45, 7) is 0. The second-order valence-corrected chi connectivity index (χ2v) is 2.31. The van der Waals surface area contributed by atoms with Crippen LogP contribution in [0, 0.1) is 0 Å². The summed E-state index contributed by atoms with van der Waals surface area (Å²) in [5.74, 6) is -0.148. The maximum atomic E-state index is 11.7. The number of alkyl halides is 3. The lowest BCUT2D eigenvalue weighted by Gasteiger charge is -2.10. The van der Waals surface area contributed by atoms with Crippen molar-refractivity contribution in [1.29, 1.82) is 0 Å². The first-order chi connectivity index (χ1) is 5.49. The quantitative estimate of drug-likeness (QED) is 0.559. The number of hydrogen-bond acceptors (Lipinski definition) is 1.